The average Bonchev–Trinajstić information content (AvgIpc) is 3.09. The van der Waals surface area contributed by atoms with E-state index < -0.39 is 0 Å². The lowest BCUT2D eigenvalue weighted by Crippen LogP contribution is -2.52. The third-order valence-electron chi connectivity index (χ3n) is 4.36. The van der Waals surface area contributed by atoms with Crippen LogP contribution in [0.3, 0.4) is 0 Å². The Balaban J connectivity index is 0.00000208. The molecule has 2 aliphatic rings. The smallest absolute Gasteiger partial charge is 0.254 e. The molecule has 0 aliphatic carbocycles. The van der Waals surface area contributed by atoms with Gasteiger partial charge in [-0.1, -0.05) is 6.07 Å². The first-order valence-electron chi connectivity index (χ1n) is 8.19. The van der Waals surface area contributed by atoms with Gasteiger partial charge < -0.3 is 20.3 Å². The zero-order valence-corrected chi connectivity index (χ0v) is 14.6. The number of carbonyl (C=O) groups excluding carboxylic acids is 2. The fourth-order valence-electron chi connectivity index (χ4n) is 3.05. The maximum Gasteiger partial charge on any atom is 0.254 e. The van der Waals surface area contributed by atoms with Gasteiger partial charge in [0.1, 0.15) is 6.10 Å². The van der Waals surface area contributed by atoms with Gasteiger partial charge in [0.05, 0.1) is 0 Å². The van der Waals surface area contributed by atoms with Gasteiger partial charge in [-0.3, -0.25) is 9.59 Å². The second-order valence-electron chi connectivity index (χ2n) is 6.12. The molecule has 6 nitrogen and oxygen atoms in total. The van der Waals surface area contributed by atoms with E-state index in [1.807, 2.05) is 11.8 Å². The van der Waals surface area contributed by atoms with E-state index in [0.717, 1.165) is 25.9 Å². The molecule has 2 atom stereocenters. The molecular weight excluding hydrogens is 330 g/mol. The van der Waals surface area contributed by atoms with Crippen LogP contribution < -0.4 is 10.6 Å². The van der Waals surface area contributed by atoms with Crippen LogP contribution in [0.25, 0.3) is 0 Å². The summed E-state index contributed by atoms with van der Waals surface area (Å²) in [6.45, 7) is 4.99. The molecule has 2 fully saturated rings. The van der Waals surface area contributed by atoms with Crippen LogP contribution in [0.4, 0.5) is 5.69 Å². The van der Waals surface area contributed by atoms with E-state index >= 15 is 0 Å². The van der Waals surface area contributed by atoms with Crippen LogP contribution in [0.5, 0.6) is 0 Å². The van der Waals surface area contributed by atoms with Gasteiger partial charge in [-0.2, -0.15) is 0 Å². The Bertz CT molecular complexity index is 590. The Morgan fingerprint density at radius 2 is 2.21 bits per heavy atom. The van der Waals surface area contributed by atoms with Gasteiger partial charge in [0, 0.05) is 43.5 Å². The Morgan fingerprint density at radius 3 is 2.92 bits per heavy atom. The third kappa shape index (κ3) is 4.26. The summed E-state index contributed by atoms with van der Waals surface area (Å²) in [5.41, 5.74) is 1.24. The summed E-state index contributed by atoms with van der Waals surface area (Å²) in [6.07, 6.45) is 1.29. The summed E-state index contributed by atoms with van der Waals surface area (Å²) in [6, 6.07) is 7.29. The van der Waals surface area contributed by atoms with Crippen molar-refractivity contribution in [2.24, 2.45) is 0 Å². The second-order valence-corrected chi connectivity index (χ2v) is 6.12. The molecule has 2 amide bonds. The molecule has 2 saturated heterocycles. The lowest BCUT2D eigenvalue weighted by atomic mass is 10.1. The number of halogens is 1. The van der Waals surface area contributed by atoms with Gasteiger partial charge in [0.15, 0.2) is 0 Å². The number of ether oxygens (including phenoxy) is 1. The molecule has 7 heteroatoms. The van der Waals surface area contributed by atoms with Crippen LogP contribution in [-0.2, 0) is 9.53 Å². The van der Waals surface area contributed by atoms with Crippen LogP contribution in [-0.4, -0.2) is 55.1 Å². The minimum atomic E-state index is -0.373. The van der Waals surface area contributed by atoms with Crippen LogP contribution in [0, 0.1) is 0 Å². The molecule has 2 aliphatic heterocycles. The molecule has 0 radical (unpaired) electrons. The van der Waals surface area contributed by atoms with Gasteiger partial charge in [-0.05, 0) is 38.0 Å². The maximum atomic E-state index is 12.7. The molecule has 1 aromatic rings. The van der Waals surface area contributed by atoms with Crippen molar-refractivity contribution in [3.05, 3.63) is 29.8 Å². The Kier molecular flexibility index (Phi) is 6.60. The van der Waals surface area contributed by atoms with Gasteiger partial charge >= 0.3 is 0 Å². The lowest BCUT2D eigenvalue weighted by molar-refractivity contribution is -0.124. The summed E-state index contributed by atoms with van der Waals surface area (Å²) in [4.78, 5) is 26.6. The van der Waals surface area contributed by atoms with Gasteiger partial charge in [0.25, 0.3) is 11.8 Å². The predicted molar refractivity (Wildman–Crippen MR) is 94.7 cm³/mol. The highest BCUT2D eigenvalue weighted by Gasteiger charge is 2.25. The molecule has 0 spiro atoms. The van der Waals surface area contributed by atoms with Crippen LogP contribution in [0.15, 0.2) is 24.3 Å². The quantitative estimate of drug-likeness (QED) is 0.867. The summed E-state index contributed by atoms with van der Waals surface area (Å²) in [7, 11) is 0. The molecule has 24 heavy (non-hydrogen) atoms. The predicted octanol–water partition coefficient (Wildman–Crippen LogP) is 1.66. The first-order chi connectivity index (χ1) is 11.1. The first-order valence-corrected chi connectivity index (χ1v) is 8.19. The van der Waals surface area contributed by atoms with Crippen molar-refractivity contribution in [3.8, 4) is 0 Å². The molecule has 1 aromatic carbocycles. The van der Waals surface area contributed by atoms with Gasteiger partial charge in [-0.25, -0.2) is 0 Å². The zero-order valence-electron chi connectivity index (χ0n) is 13.8. The number of piperazine rings is 1. The molecule has 0 aromatic heterocycles. The molecular formula is C17H24ClN3O3. The van der Waals surface area contributed by atoms with Crippen molar-refractivity contribution in [1.82, 2.24) is 10.2 Å². The highest BCUT2D eigenvalue weighted by Crippen LogP contribution is 2.18. The Hall–Kier alpha value is -1.63. The van der Waals surface area contributed by atoms with Crippen molar-refractivity contribution >= 4 is 29.9 Å². The average molecular weight is 354 g/mol. The SMILES string of the molecule is C[C@H]1CNCCN1C(=O)c1cccc(NC(=O)C2CCCO2)c1.Cl. The molecule has 132 valence electrons. The van der Waals surface area contributed by atoms with E-state index in [-0.39, 0.29) is 36.4 Å². The maximum absolute atomic E-state index is 12.7. The Morgan fingerprint density at radius 1 is 1.38 bits per heavy atom. The zero-order chi connectivity index (χ0) is 16.2. The normalized spacial score (nSPS) is 23.5. The van der Waals surface area contributed by atoms with Crippen molar-refractivity contribution in [3.63, 3.8) is 0 Å². The third-order valence-corrected chi connectivity index (χ3v) is 4.36. The molecule has 0 saturated carbocycles. The largest absolute Gasteiger partial charge is 0.368 e. The fourth-order valence-corrected chi connectivity index (χ4v) is 3.05. The van der Waals surface area contributed by atoms with E-state index in [0.29, 0.717) is 24.4 Å². The van der Waals surface area contributed by atoms with E-state index in [4.69, 9.17) is 4.74 Å². The van der Waals surface area contributed by atoms with Crippen molar-refractivity contribution in [2.75, 3.05) is 31.6 Å². The van der Waals surface area contributed by atoms with E-state index in [1.165, 1.54) is 0 Å². The Labute approximate surface area is 148 Å². The van der Waals surface area contributed by atoms with Crippen molar-refractivity contribution in [2.45, 2.75) is 31.9 Å². The second kappa shape index (κ2) is 8.46. The number of nitrogens with one attached hydrogen (secondary N) is 2. The van der Waals surface area contributed by atoms with Crippen molar-refractivity contribution < 1.29 is 14.3 Å². The number of hydrogen-bond donors (Lipinski definition) is 2. The fraction of sp³-hybridized carbons (Fsp3) is 0.529. The molecule has 2 N–H and O–H groups in total. The van der Waals surface area contributed by atoms with Crippen LogP contribution >= 0.6 is 12.4 Å². The highest BCUT2D eigenvalue weighted by atomic mass is 35.5. The van der Waals surface area contributed by atoms with Crippen LogP contribution in [0.1, 0.15) is 30.1 Å². The molecule has 1 unspecified atom stereocenters. The molecule has 3 rings (SSSR count). The number of anilines is 1. The summed E-state index contributed by atoms with van der Waals surface area (Å²) < 4.78 is 5.38. The lowest BCUT2D eigenvalue weighted by Gasteiger charge is -2.34. The minimum absolute atomic E-state index is 0. The summed E-state index contributed by atoms with van der Waals surface area (Å²) in [5.74, 6) is -0.130. The highest BCUT2D eigenvalue weighted by molar-refractivity contribution is 5.98. The van der Waals surface area contributed by atoms with Gasteiger partial charge in [0.2, 0.25) is 0 Å². The number of carbonyl (C=O) groups is 2. The van der Waals surface area contributed by atoms with E-state index in [1.54, 1.807) is 24.3 Å². The van der Waals surface area contributed by atoms with Gasteiger partial charge in [-0.15, -0.1) is 12.4 Å². The number of amides is 2. The molecule has 2 heterocycles. The van der Waals surface area contributed by atoms with Crippen molar-refractivity contribution in [1.29, 1.82) is 0 Å². The van der Waals surface area contributed by atoms with E-state index in [9.17, 15) is 9.59 Å². The number of rotatable bonds is 3. The number of hydrogen-bond acceptors (Lipinski definition) is 4. The topological polar surface area (TPSA) is 70.7 Å². The number of benzene rings is 1. The molecule has 0 bridgehead atoms. The minimum Gasteiger partial charge on any atom is -0.368 e. The first kappa shape index (κ1) is 18.7. The number of nitrogens with zero attached hydrogens (tertiary/aromatic N) is 1. The summed E-state index contributed by atoms with van der Waals surface area (Å²) in [5, 5.41) is 6.12. The monoisotopic (exact) mass is 353 g/mol. The standard InChI is InChI=1S/C17H23N3O3.ClH/c1-12-11-18-7-8-20(12)17(22)13-4-2-5-14(10-13)19-16(21)15-6-3-9-23-15;/h2,4-5,10,12,15,18H,3,6-9,11H2,1H3,(H,19,21);1H/t12-,15?;/m0./s1. The summed E-state index contributed by atoms with van der Waals surface area (Å²) >= 11 is 0. The van der Waals surface area contributed by atoms with E-state index in [2.05, 4.69) is 10.6 Å². The van der Waals surface area contributed by atoms with Crippen LogP contribution in [0.2, 0.25) is 0 Å².